The van der Waals surface area contributed by atoms with Gasteiger partial charge in [0, 0.05) is 19.6 Å². The molecule has 18 heavy (non-hydrogen) atoms. The summed E-state index contributed by atoms with van der Waals surface area (Å²) in [7, 11) is 0. The average Bonchev–Trinajstić information content (AvgIpc) is 2.38. The van der Waals surface area contributed by atoms with Crippen molar-refractivity contribution in [2.24, 2.45) is 17.3 Å². The second-order valence-corrected chi connectivity index (χ2v) is 6.59. The number of urea groups is 1. The fourth-order valence-electron chi connectivity index (χ4n) is 3.58. The quantitative estimate of drug-likeness (QED) is 0.821. The minimum atomic E-state index is 0.158. The highest BCUT2D eigenvalue weighted by Crippen LogP contribution is 2.52. The number of nitrogens with zero attached hydrogens (tertiary/aromatic N) is 1. The second kappa shape index (κ2) is 5.50. The average molecular weight is 252 g/mol. The minimum Gasteiger partial charge on any atom is -0.338 e. The van der Waals surface area contributed by atoms with E-state index in [4.69, 9.17) is 0 Å². The lowest BCUT2D eigenvalue weighted by atomic mass is 9.54. The number of carbonyl (C=O) groups is 1. The summed E-state index contributed by atoms with van der Waals surface area (Å²) < 4.78 is 0. The van der Waals surface area contributed by atoms with Crippen LogP contribution in [0, 0.1) is 17.3 Å². The fourth-order valence-corrected chi connectivity index (χ4v) is 3.58. The molecule has 0 aromatic carbocycles. The first kappa shape index (κ1) is 13.7. The highest BCUT2D eigenvalue weighted by molar-refractivity contribution is 5.74. The molecule has 1 heterocycles. The molecule has 2 rings (SSSR count). The highest BCUT2D eigenvalue weighted by Gasteiger charge is 2.46. The molecule has 0 bridgehead atoms. The molecular weight excluding hydrogens is 224 g/mol. The summed E-state index contributed by atoms with van der Waals surface area (Å²) in [5.41, 5.74) is 0.407. The zero-order valence-corrected chi connectivity index (χ0v) is 12.2. The van der Waals surface area contributed by atoms with E-state index in [1.54, 1.807) is 0 Å². The molecule has 2 amide bonds. The van der Waals surface area contributed by atoms with Gasteiger partial charge >= 0.3 is 6.03 Å². The van der Waals surface area contributed by atoms with E-state index in [0.717, 1.165) is 25.6 Å². The van der Waals surface area contributed by atoms with Gasteiger partial charge < -0.3 is 10.2 Å². The van der Waals surface area contributed by atoms with Gasteiger partial charge in [0.05, 0.1) is 0 Å². The van der Waals surface area contributed by atoms with Crippen LogP contribution in [0.15, 0.2) is 0 Å². The Morgan fingerprint density at radius 3 is 2.44 bits per heavy atom. The number of likely N-dealkylation sites (tertiary alicyclic amines) is 1. The summed E-state index contributed by atoms with van der Waals surface area (Å²) in [4.78, 5) is 14.0. The molecule has 2 aliphatic rings. The standard InChI is InChI=1S/C15H28N2O/c1-4-12-10-13(15(12,2)3)11-16-14(18)17-8-6-5-7-9-17/h12-13H,4-11H2,1-3H3,(H,16,18)/t12-,13-/m1/s1. The van der Waals surface area contributed by atoms with E-state index < -0.39 is 0 Å². The first-order valence-electron chi connectivity index (χ1n) is 7.58. The Labute approximate surface area is 111 Å². The van der Waals surface area contributed by atoms with Crippen molar-refractivity contribution in [1.29, 1.82) is 0 Å². The number of amides is 2. The number of nitrogens with one attached hydrogen (secondary N) is 1. The highest BCUT2D eigenvalue weighted by atomic mass is 16.2. The van der Waals surface area contributed by atoms with Crippen molar-refractivity contribution in [2.45, 2.75) is 52.9 Å². The summed E-state index contributed by atoms with van der Waals surface area (Å²) >= 11 is 0. The number of rotatable bonds is 3. The second-order valence-electron chi connectivity index (χ2n) is 6.59. The molecular formula is C15H28N2O. The molecule has 0 radical (unpaired) electrons. The van der Waals surface area contributed by atoms with Gasteiger partial charge in [-0.05, 0) is 42.9 Å². The van der Waals surface area contributed by atoms with Gasteiger partial charge in [0.15, 0.2) is 0 Å². The molecule has 3 heteroatoms. The van der Waals surface area contributed by atoms with Crippen molar-refractivity contribution in [1.82, 2.24) is 10.2 Å². The molecule has 0 spiro atoms. The molecule has 0 aromatic rings. The minimum absolute atomic E-state index is 0.158. The van der Waals surface area contributed by atoms with Gasteiger partial charge in [-0.3, -0.25) is 0 Å². The molecule has 1 saturated carbocycles. The van der Waals surface area contributed by atoms with Crippen LogP contribution in [0.4, 0.5) is 4.79 Å². The normalized spacial score (nSPS) is 30.7. The number of hydrogen-bond acceptors (Lipinski definition) is 1. The van der Waals surface area contributed by atoms with Gasteiger partial charge in [0.25, 0.3) is 0 Å². The molecule has 1 saturated heterocycles. The van der Waals surface area contributed by atoms with Crippen molar-refractivity contribution in [3.05, 3.63) is 0 Å². The Morgan fingerprint density at radius 2 is 1.89 bits per heavy atom. The lowest BCUT2D eigenvalue weighted by molar-refractivity contribution is -0.0201. The van der Waals surface area contributed by atoms with Crippen molar-refractivity contribution < 1.29 is 4.79 Å². The van der Waals surface area contributed by atoms with Crippen molar-refractivity contribution >= 4 is 6.03 Å². The smallest absolute Gasteiger partial charge is 0.317 e. The van der Waals surface area contributed by atoms with E-state index >= 15 is 0 Å². The summed E-state index contributed by atoms with van der Waals surface area (Å²) in [5, 5.41) is 3.14. The van der Waals surface area contributed by atoms with Crippen LogP contribution in [0.3, 0.4) is 0 Å². The Kier molecular flexibility index (Phi) is 4.18. The van der Waals surface area contributed by atoms with Crippen LogP contribution in [-0.4, -0.2) is 30.6 Å². The van der Waals surface area contributed by atoms with Crippen LogP contribution in [0.25, 0.3) is 0 Å². The maximum Gasteiger partial charge on any atom is 0.317 e. The fraction of sp³-hybridized carbons (Fsp3) is 0.933. The number of piperidine rings is 1. The Bertz CT molecular complexity index is 295. The van der Waals surface area contributed by atoms with Gasteiger partial charge in [-0.2, -0.15) is 0 Å². The van der Waals surface area contributed by atoms with E-state index in [2.05, 4.69) is 26.1 Å². The molecule has 2 fully saturated rings. The van der Waals surface area contributed by atoms with Gasteiger partial charge in [0.2, 0.25) is 0 Å². The van der Waals surface area contributed by atoms with Crippen LogP contribution in [0.5, 0.6) is 0 Å². The maximum absolute atomic E-state index is 12.0. The molecule has 1 aliphatic carbocycles. The molecule has 3 nitrogen and oxygen atoms in total. The van der Waals surface area contributed by atoms with E-state index in [1.807, 2.05) is 4.90 Å². The van der Waals surface area contributed by atoms with Gasteiger partial charge in [-0.25, -0.2) is 4.79 Å². The maximum atomic E-state index is 12.0. The van der Waals surface area contributed by atoms with Crippen LogP contribution in [0.2, 0.25) is 0 Å². The zero-order valence-electron chi connectivity index (χ0n) is 12.2. The van der Waals surface area contributed by atoms with E-state index in [9.17, 15) is 4.79 Å². The zero-order chi connectivity index (χ0) is 13.2. The van der Waals surface area contributed by atoms with Crippen molar-refractivity contribution in [3.8, 4) is 0 Å². The van der Waals surface area contributed by atoms with Gasteiger partial charge in [-0.1, -0.05) is 27.2 Å². The van der Waals surface area contributed by atoms with E-state index in [0.29, 0.717) is 11.3 Å². The van der Waals surface area contributed by atoms with E-state index in [1.165, 1.54) is 32.1 Å². The Balaban J connectivity index is 1.73. The predicted octanol–water partition coefficient (Wildman–Crippen LogP) is 3.25. The largest absolute Gasteiger partial charge is 0.338 e. The van der Waals surface area contributed by atoms with E-state index in [-0.39, 0.29) is 6.03 Å². The summed E-state index contributed by atoms with van der Waals surface area (Å²) in [6, 6.07) is 0.158. The molecule has 104 valence electrons. The molecule has 0 aromatic heterocycles. The summed E-state index contributed by atoms with van der Waals surface area (Å²) in [5.74, 6) is 1.51. The summed E-state index contributed by atoms with van der Waals surface area (Å²) in [6.07, 6.45) is 6.16. The predicted molar refractivity (Wildman–Crippen MR) is 74.5 cm³/mol. The van der Waals surface area contributed by atoms with Crippen LogP contribution in [0.1, 0.15) is 52.9 Å². The topological polar surface area (TPSA) is 32.3 Å². The number of carbonyl (C=O) groups excluding carboxylic acids is 1. The Morgan fingerprint density at radius 1 is 1.22 bits per heavy atom. The monoisotopic (exact) mass is 252 g/mol. The third-order valence-corrected chi connectivity index (χ3v) is 5.31. The number of hydrogen-bond donors (Lipinski definition) is 1. The molecule has 1 N–H and O–H groups in total. The van der Waals surface area contributed by atoms with Crippen molar-refractivity contribution in [3.63, 3.8) is 0 Å². The lowest BCUT2D eigenvalue weighted by Gasteiger charge is -2.52. The first-order chi connectivity index (χ1) is 8.55. The van der Waals surface area contributed by atoms with Crippen LogP contribution in [-0.2, 0) is 0 Å². The third kappa shape index (κ3) is 2.65. The first-order valence-corrected chi connectivity index (χ1v) is 7.58. The Hall–Kier alpha value is -0.730. The molecule has 2 atom stereocenters. The lowest BCUT2D eigenvalue weighted by Crippen LogP contribution is -2.52. The molecule has 1 aliphatic heterocycles. The van der Waals surface area contributed by atoms with Gasteiger partial charge in [-0.15, -0.1) is 0 Å². The third-order valence-electron chi connectivity index (χ3n) is 5.31. The molecule has 0 unspecified atom stereocenters. The summed E-state index contributed by atoms with van der Waals surface area (Å²) in [6.45, 7) is 9.72. The van der Waals surface area contributed by atoms with Crippen LogP contribution < -0.4 is 5.32 Å². The van der Waals surface area contributed by atoms with Crippen LogP contribution >= 0.6 is 0 Å². The van der Waals surface area contributed by atoms with Crippen molar-refractivity contribution in [2.75, 3.05) is 19.6 Å². The SMILES string of the molecule is CC[C@@H]1C[C@H](CNC(=O)N2CCCCC2)C1(C)C. The van der Waals surface area contributed by atoms with Gasteiger partial charge in [0.1, 0.15) is 0 Å².